The van der Waals surface area contributed by atoms with E-state index in [-0.39, 0.29) is 17.8 Å². The van der Waals surface area contributed by atoms with Crippen LogP contribution in [-0.2, 0) is 16.6 Å². The van der Waals surface area contributed by atoms with Crippen LogP contribution in [0.4, 0.5) is 10.5 Å². The van der Waals surface area contributed by atoms with Gasteiger partial charge in [0.05, 0.1) is 17.5 Å². The van der Waals surface area contributed by atoms with Crippen LogP contribution in [0.25, 0.3) is 0 Å². The first-order valence-electron chi connectivity index (χ1n) is 9.73. The molecule has 0 saturated carbocycles. The standard InChI is InChI=1S/C21H25N3O3S/c25-21(23-12-5-11-20(23)18-8-2-1-3-9-18)22-16-17-7-4-10-19(15-17)24-13-6-14-28(24,26)27/h1-4,7-10,15,20H,5-6,11-14,16H2,(H,22,25). The van der Waals surface area contributed by atoms with Crippen LogP contribution in [-0.4, -0.2) is 38.2 Å². The lowest BCUT2D eigenvalue weighted by Gasteiger charge is -2.25. The Balaban J connectivity index is 1.42. The summed E-state index contributed by atoms with van der Waals surface area (Å²) in [5, 5.41) is 3.00. The molecule has 0 bridgehead atoms. The molecule has 1 unspecified atom stereocenters. The first kappa shape index (κ1) is 18.8. The molecule has 2 aliphatic rings. The third kappa shape index (κ3) is 3.85. The minimum Gasteiger partial charge on any atom is -0.334 e. The molecule has 2 aliphatic heterocycles. The van der Waals surface area contributed by atoms with Crippen molar-refractivity contribution < 1.29 is 13.2 Å². The lowest BCUT2D eigenvalue weighted by molar-refractivity contribution is 0.192. The van der Waals surface area contributed by atoms with E-state index in [0.717, 1.165) is 30.5 Å². The molecule has 148 valence electrons. The molecule has 2 aromatic carbocycles. The number of carbonyl (C=O) groups excluding carboxylic acids is 1. The van der Waals surface area contributed by atoms with Crippen molar-refractivity contribution in [3.8, 4) is 0 Å². The topological polar surface area (TPSA) is 69.7 Å². The van der Waals surface area contributed by atoms with Crippen molar-refractivity contribution in [3.05, 3.63) is 65.7 Å². The van der Waals surface area contributed by atoms with Crippen LogP contribution < -0.4 is 9.62 Å². The van der Waals surface area contributed by atoms with Gasteiger partial charge in [0.1, 0.15) is 0 Å². The van der Waals surface area contributed by atoms with E-state index < -0.39 is 10.0 Å². The molecule has 2 heterocycles. The van der Waals surface area contributed by atoms with Crippen LogP contribution in [0.5, 0.6) is 0 Å². The molecule has 28 heavy (non-hydrogen) atoms. The van der Waals surface area contributed by atoms with Crippen molar-refractivity contribution in [2.75, 3.05) is 23.1 Å². The molecule has 6 nitrogen and oxygen atoms in total. The fourth-order valence-corrected chi connectivity index (χ4v) is 5.62. The summed E-state index contributed by atoms with van der Waals surface area (Å²) in [5.41, 5.74) is 2.73. The molecule has 2 amide bonds. The van der Waals surface area contributed by atoms with Crippen molar-refractivity contribution in [3.63, 3.8) is 0 Å². The molecule has 2 saturated heterocycles. The van der Waals surface area contributed by atoms with Crippen molar-refractivity contribution in [2.24, 2.45) is 0 Å². The van der Waals surface area contributed by atoms with Crippen LogP contribution in [0.15, 0.2) is 54.6 Å². The van der Waals surface area contributed by atoms with E-state index in [1.54, 1.807) is 6.07 Å². The van der Waals surface area contributed by atoms with Gasteiger partial charge in [-0.2, -0.15) is 0 Å². The predicted octanol–water partition coefficient (Wildman–Crippen LogP) is 3.27. The van der Waals surface area contributed by atoms with Gasteiger partial charge in [-0.05, 0) is 42.5 Å². The van der Waals surface area contributed by atoms with Crippen LogP contribution in [0.2, 0.25) is 0 Å². The van der Waals surface area contributed by atoms with Gasteiger partial charge < -0.3 is 10.2 Å². The summed E-state index contributed by atoms with van der Waals surface area (Å²) >= 11 is 0. The number of rotatable bonds is 4. The summed E-state index contributed by atoms with van der Waals surface area (Å²) in [6.45, 7) is 1.64. The fourth-order valence-electron chi connectivity index (χ4n) is 4.06. The van der Waals surface area contributed by atoms with E-state index >= 15 is 0 Å². The maximum atomic E-state index is 12.8. The highest BCUT2D eigenvalue weighted by Gasteiger charge is 2.30. The highest BCUT2D eigenvalue weighted by molar-refractivity contribution is 7.93. The third-order valence-electron chi connectivity index (χ3n) is 5.44. The van der Waals surface area contributed by atoms with Crippen LogP contribution in [0.1, 0.15) is 36.4 Å². The van der Waals surface area contributed by atoms with Crippen molar-refractivity contribution >= 4 is 21.7 Å². The third-order valence-corrected chi connectivity index (χ3v) is 7.31. The number of benzene rings is 2. The number of amides is 2. The molecular weight excluding hydrogens is 374 g/mol. The van der Waals surface area contributed by atoms with Gasteiger partial charge in [0, 0.05) is 19.6 Å². The fraction of sp³-hybridized carbons (Fsp3) is 0.381. The van der Waals surface area contributed by atoms with Crippen LogP contribution in [0.3, 0.4) is 0 Å². The van der Waals surface area contributed by atoms with Crippen molar-refractivity contribution in [1.82, 2.24) is 10.2 Å². The lowest BCUT2D eigenvalue weighted by Crippen LogP contribution is -2.39. The summed E-state index contributed by atoms with van der Waals surface area (Å²) in [6.07, 6.45) is 2.62. The number of nitrogens with zero attached hydrogens (tertiary/aromatic N) is 2. The largest absolute Gasteiger partial charge is 0.334 e. The van der Waals surface area contributed by atoms with Crippen LogP contribution in [0, 0.1) is 0 Å². The predicted molar refractivity (Wildman–Crippen MR) is 110 cm³/mol. The molecular formula is C21H25N3O3S. The maximum absolute atomic E-state index is 12.8. The molecule has 0 aliphatic carbocycles. The van der Waals surface area contributed by atoms with E-state index in [0.29, 0.717) is 25.2 Å². The van der Waals surface area contributed by atoms with Crippen molar-refractivity contribution in [2.45, 2.75) is 31.8 Å². The molecule has 4 rings (SSSR count). The average Bonchev–Trinajstić information content (AvgIpc) is 3.33. The quantitative estimate of drug-likeness (QED) is 0.858. The Labute approximate surface area is 166 Å². The van der Waals surface area contributed by atoms with E-state index in [1.807, 2.05) is 41.3 Å². The molecule has 7 heteroatoms. The van der Waals surface area contributed by atoms with Gasteiger partial charge >= 0.3 is 6.03 Å². The minimum absolute atomic E-state index is 0.0782. The Morgan fingerprint density at radius 3 is 2.61 bits per heavy atom. The molecule has 2 aromatic rings. The Kier molecular flexibility index (Phi) is 5.26. The van der Waals surface area contributed by atoms with E-state index in [1.165, 1.54) is 4.31 Å². The van der Waals surface area contributed by atoms with E-state index in [2.05, 4.69) is 17.4 Å². The molecule has 2 fully saturated rings. The Morgan fingerprint density at radius 1 is 1.04 bits per heavy atom. The molecule has 0 radical (unpaired) electrons. The van der Waals surface area contributed by atoms with Gasteiger partial charge in [0.25, 0.3) is 0 Å². The van der Waals surface area contributed by atoms with E-state index in [4.69, 9.17) is 0 Å². The zero-order chi connectivity index (χ0) is 19.6. The Bertz CT molecular complexity index is 946. The SMILES string of the molecule is O=C(NCc1cccc(N2CCCS2(=O)=O)c1)N1CCCC1c1ccccc1. The second kappa shape index (κ2) is 7.83. The molecule has 1 N–H and O–H groups in total. The number of hydrogen-bond donors (Lipinski definition) is 1. The first-order valence-corrected chi connectivity index (χ1v) is 11.3. The lowest BCUT2D eigenvalue weighted by atomic mass is 10.1. The highest BCUT2D eigenvalue weighted by Crippen LogP contribution is 2.31. The first-order chi connectivity index (χ1) is 13.5. The average molecular weight is 400 g/mol. The zero-order valence-electron chi connectivity index (χ0n) is 15.8. The molecule has 0 spiro atoms. The number of urea groups is 1. The van der Waals surface area contributed by atoms with Gasteiger partial charge in [-0.15, -0.1) is 0 Å². The summed E-state index contributed by atoms with van der Waals surface area (Å²) in [5.74, 6) is 0.198. The summed E-state index contributed by atoms with van der Waals surface area (Å²) < 4.78 is 25.7. The number of sulfonamides is 1. The maximum Gasteiger partial charge on any atom is 0.318 e. The minimum atomic E-state index is -3.20. The normalized spacial score (nSPS) is 21.1. The Morgan fingerprint density at radius 2 is 1.86 bits per heavy atom. The van der Waals surface area contributed by atoms with Gasteiger partial charge in [-0.3, -0.25) is 4.31 Å². The Hall–Kier alpha value is -2.54. The van der Waals surface area contributed by atoms with Gasteiger partial charge in [0.2, 0.25) is 10.0 Å². The highest BCUT2D eigenvalue weighted by atomic mass is 32.2. The van der Waals surface area contributed by atoms with Gasteiger partial charge in [-0.25, -0.2) is 13.2 Å². The summed E-state index contributed by atoms with van der Waals surface area (Å²) in [6, 6.07) is 17.6. The van der Waals surface area contributed by atoms with Crippen LogP contribution >= 0.6 is 0 Å². The number of nitrogens with one attached hydrogen (secondary N) is 1. The van der Waals surface area contributed by atoms with Gasteiger partial charge in [0.15, 0.2) is 0 Å². The number of likely N-dealkylation sites (tertiary alicyclic amines) is 1. The molecule has 1 atom stereocenters. The second-order valence-corrected chi connectivity index (χ2v) is 9.35. The van der Waals surface area contributed by atoms with Crippen molar-refractivity contribution in [1.29, 1.82) is 0 Å². The molecule has 0 aromatic heterocycles. The monoisotopic (exact) mass is 399 g/mol. The van der Waals surface area contributed by atoms with E-state index in [9.17, 15) is 13.2 Å². The smallest absolute Gasteiger partial charge is 0.318 e. The zero-order valence-corrected chi connectivity index (χ0v) is 16.6. The summed E-state index contributed by atoms with van der Waals surface area (Å²) in [4.78, 5) is 14.6. The second-order valence-electron chi connectivity index (χ2n) is 7.33. The van der Waals surface area contributed by atoms with Gasteiger partial charge in [-0.1, -0.05) is 42.5 Å². The number of hydrogen-bond acceptors (Lipinski definition) is 3. The number of carbonyl (C=O) groups is 1. The summed E-state index contributed by atoms with van der Waals surface area (Å²) in [7, 11) is -3.20. The number of anilines is 1.